The van der Waals surface area contributed by atoms with E-state index in [-0.39, 0.29) is 12.6 Å². The van der Waals surface area contributed by atoms with Crippen LogP contribution in [0.1, 0.15) is 17.5 Å². The summed E-state index contributed by atoms with van der Waals surface area (Å²) in [6, 6.07) is 1.88. The van der Waals surface area contributed by atoms with Crippen molar-refractivity contribution in [3.8, 4) is 0 Å². The van der Waals surface area contributed by atoms with E-state index >= 15 is 0 Å². The molecule has 0 radical (unpaired) electrons. The van der Waals surface area contributed by atoms with E-state index in [1.54, 1.807) is 6.20 Å². The molecule has 13 heavy (non-hydrogen) atoms. The van der Waals surface area contributed by atoms with Crippen molar-refractivity contribution in [2.24, 2.45) is 0 Å². The molecule has 0 unspecified atom stereocenters. The van der Waals surface area contributed by atoms with Crippen LogP contribution in [0, 0.1) is 0 Å². The first-order chi connectivity index (χ1) is 6.27. The summed E-state index contributed by atoms with van der Waals surface area (Å²) >= 11 is 5.86. The van der Waals surface area contributed by atoms with Crippen LogP contribution in [0.15, 0.2) is 12.3 Å². The summed E-state index contributed by atoms with van der Waals surface area (Å²) in [7, 11) is 0. The fourth-order valence-electron chi connectivity index (χ4n) is 1.35. The lowest BCUT2D eigenvalue weighted by Gasteiger charge is -2.04. The minimum absolute atomic E-state index is 0.174. The van der Waals surface area contributed by atoms with Crippen LogP contribution in [0.2, 0.25) is 5.15 Å². The van der Waals surface area contributed by atoms with Gasteiger partial charge in [-0.15, -0.1) is 0 Å². The molecule has 2 heterocycles. The van der Waals surface area contributed by atoms with Gasteiger partial charge in [-0.3, -0.25) is 4.79 Å². The Labute approximate surface area is 80.7 Å². The number of esters is 1. The highest BCUT2D eigenvalue weighted by molar-refractivity contribution is 6.30. The van der Waals surface area contributed by atoms with Gasteiger partial charge in [-0.2, -0.15) is 0 Å². The number of rotatable bonds is 0. The van der Waals surface area contributed by atoms with Crippen LogP contribution in [0.4, 0.5) is 0 Å². The number of aromatic nitrogens is 1. The van der Waals surface area contributed by atoms with Crippen LogP contribution in [0.3, 0.4) is 0 Å². The van der Waals surface area contributed by atoms with Gasteiger partial charge in [0.2, 0.25) is 0 Å². The van der Waals surface area contributed by atoms with Gasteiger partial charge in [-0.1, -0.05) is 11.6 Å². The summed E-state index contributed by atoms with van der Waals surface area (Å²) in [5, 5.41) is 0.437. The zero-order chi connectivity index (χ0) is 9.26. The van der Waals surface area contributed by atoms with Gasteiger partial charge in [-0.25, -0.2) is 4.98 Å². The molecule has 0 aliphatic carbocycles. The Kier molecular flexibility index (Phi) is 2.19. The van der Waals surface area contributed by atoms with Crippen LogP contribution in [0.25, 0.3) is 0 Å². The molecule has 0 aromatic carbocycles. The first-order valence-corrected chi connectivity index (χ1v) is 4.43. The Morgan fingerprint density at radius 1 is 1.46 bits per heavy atom. The first kappa shape index (κ1) is 8.51. The monoisotopic (exact) mass is 197 g/mol. The molecule has 1 aromatic rings. The van der Waals surface area contributed by atoms with Crippen molar-refractivity contribution < 1.29 is 9.53 Å². The number of ether oxygens (including phenoxy) is 1. The molecule has 0 saturated heterocycles. The van der Waals surface area contributed by atoms with E-state index in [1.165, 1.54) is 0 Å². The highest BCUT2D eigenvalue weighted by atomic mass is 35.5. The predicted molar refractivity (Wildman–Crippen MR) is 47.4 cm³/mol. The minimum atomic E-state index is -0.174. The van der Waals surface area contributed by atoms with Gasteiger partial charge >= 0.3 is 5.97 Å². The van der Waals surface area contributed by atoms with E-state index in [4.69, 9.17) is 16.3 Å². The van der Waals surface area contributed by atoms with Crippen LogP contribution in [-0.4, -0.2) is 11.0 Å². The van der Waals surface area contributed by atoms with Crippen LogP contribution in [0.5, 0.6) is 0 Å². The maximum Gasteiger partial charge on any atom is 0.306 e. The molecule has 0 fully saturated rings. The largest absolute Gasteiger partial charge is 0.461 e. The summed E-state index contributed by atoms with van der Waals surface area (Å²) in [5.41, 5.74) is 1.90. The lowest BCUT2D eigenvalue weighted by molar-refractivity contribution is -0.144. The van der Waals surface area contributed by atoms with E-state index in [0.717, 1.165) is 11.1 Å². The van der Waals surface area contributed by atoms with E-state index < -0.39 is 0 Å². The molecule has 0 saturated carbocycles. The van der Waals surface area contributed by atoms with Gasteiger partial charge in [0.1, 0.15) is 11.8 Å². The third-order valence-electron chi connectivity index (χ3n) is 2.08. The SMILES string of the molecule is O=C1CCc2ccnc(Cl)c2CO1. The number of halogens is 1. The third kappa shape index (κ3) is 1.65. The van der Waals surface area contributed by atoms with Crippen LogP contribution < -0.4 is 0 Å². The van der Waals surface area contributed by atoms with Crippen molar-refractivity contribution in [3.05, 3.63) is 28.5 Å². The summed E-state index contributed by atoms with van der Waals surface area (Å²) < 4.78 is 4.95. The molecule has 0 bridgehead atoms. The molecule has 3 nitrogen and oxygen atoms in total. The fraction of sp³-hybridized carbons (Fsp3) is 0.333. The lowest BCUT2D eigenvalue weighted by atomic mass is 10.1. The van der Waals surface area contributed by atoms with Crippen LogP contribution >= 0.6 is 11.6 Å². The number of hydrogen-bond donors (Lipinski definition) is 0. The number of hydrogen-bond acceptors (Lipinski definition) is 3. The molecule has 2 rings (SSSR count). The zero-order valence-corrected chi connectivity index (χ0v) is 7.67. The second-order valence-corrected chi connectivity index (χ2v) is 3.26. The Bertz CT molecular complexity index is 351. The number of pyridine rings is 1. The van der Waals surface area contributed by atoms with Gasteiger partial charge in [0.15, 0.2) is 0 Å². The molecule has 0 atom stereocenters. The number of cyclic esters (lactones) is 1. The van der Waals surface area contributed by atoms with Gasteiger partial charge in [-0.05, 0) is 18.1 Å². The molecule has 4 heteroatoms. The Morgan fingerprint density at radius 2 is 2.31 bits per heavy atom. The zero-order valence-electron chi connectivity index (χ0n) is 6.92. The normalized spacial score (nSPS) is 15.9. The maximum absolute atomic E-state index is 11.0. The topological polar surface area (TPSA) is 39.2 Å². The molecule has 1 aliphatic rings. The number of aryl methyl sites for hydroxylation is 1. The smallest absolute Gasteiger partial charge is 0.306 e. The number of carbonyl (C=O) groups excluding carboxylic acids is 1. The van der Waals surface area contributed by atoms with Crippen LogP contribution in [-0.2, 0) is 22.6 Å². The van der Waals surface area contributed by atoms with Gasteiger partial charge in [0.25, 0.3) is 0 Å². The number of fused-ring (bicyclic) bond motifs is 1. The average molecular weight is 198 g/mol. The summed E-state index contributed by atoms with van der Waals surface area (Å²) in [5.74, 6) is -0.174. The van der Waals surface area contributed by atoms with E-state index in [9.17, 15) is 4.79 Å². The second-order valence-electron chi connectivity index (χ2n) is 2.90. The fourth-order valence-corrected chi connectivity index (χ4v) is 1.58. The molecular weight excluding hydrogens is 190 g/mol. The Morgan fingerprint density at radius 3 is 3.15 bits per heavy atom. The van der Waals surface area contributed by atoms with E-state index in [2.05, 4.69) is 4.98 Å². The molecular formula is C9H8ClNO2. The predicted octanol–water partition coefficient (Wildman–Crippen LogP) is 1.72. The van der Waals surface area contributed by atoms with Crippen molar-refractivity contribution in [1.29, 1.82) is 0 Å². The lowest BCUT2D eigenvalue weighted by Crippen LogP contribution is -2.00. The average Bonchev–Trinajstić information content (AvgIpc) is 2.30. The third-order valence-corrected chi connectivity index (χ3v) is 2.40. The summed E-state index contributed by atoms with van der Waals surface area (Å²) in [4.78, 5) is 14.9. The standard InChI is InChI=1S/C9H8ClNO2/c10-9-7-5-13-8(12)2-1-6(7)3-4-11-9/h3-4H,1-2,5H2. The van der Waals surface area contributed by atoms with Crippen molar-refractivity contribution in [2.75, 3.05) is 0 Å². The van der Waals surface area contributed by atoms with E-state index in [0.29, 0.717) is 18.0 Å². The molecule has 0 spiro atoms. The molecule has 1 aliphatic heterocycles. The summed E-state index contributed by atoms with van der Waals surface area (Å²) in [6.07, 6.45) is 2.76. The molecule has 0 N–H and O–H groups in total. The number of carbonyl (C=O) groups is 1. The molecule has 1 aromatic heterocycles. The minimum Gasteiger partial charge on any atom is -0.461 e. The van der Waals surface area contributed by atoms with Crippen molar-refractivity contribution >= 4 is 17.6 Å². The van der Waals surface area contributed by atoms with Gasteiger partial charge < -0.3 is 4.74 Å². The number of nitrogens with zero attached hydrogens (tertiary/aromatic N) is 1. The maximum atomic E-state index is 11.0. The molecule has 0 amide bonds. The van der Waals surface area contributed by atoms with Crippen molar-refractivity contribution in [2.45, 2.75) is 19.4 Å². The van der Waals surface area contributed by atoms with Crippen molar-refractivity contribution in [3.63, 3.8) is 0 Å². The van der Waals surface area contributed by atoms with Gasteiger partial charge in [0, 0.05) is 18.2 Å². The second kappa shape index (κ2) is 3.34. The Hall–Kier alpha value is -1.09. The first-order valence-electron chi connectivity index (χ1n) is 4.05. The summed E-state index contributed by atoms with van der Waals surface area (Å²) in [6.45, 7) is 0.251. The van der Waals surface area contributed by atoms with Gasteiger partial charge in [0.05, 0.1) is 0 Å². The highest BCUT2D eigenvalue weighted by Crippen LogP contribution is 2.22. The van der Waals surface area contributed by atoms with Crippen molar-refractivity contribution in [1.82, 2.24) is 4.98 Å². The molecule has 68 valence electrons. The Balaban J connectivity index is 2.40. The highest BCUT2D eigenvalue weighted by Gasteiger charge is 2.16. The quantitative estimate of drug-likeness (QED) is 0.470. The van der Waals surface area contributed by atoms with E-state index in [1.807, 2.05) is 6.07 Å².